The van der Waals surface area contributed by atoms with Gasteiger partial charge in [0, 0.05) is 5.56 Å². The van der Waals surface area contributed by atoms with Crippen molar-refractivity contribution in [3.05, 3.63) is 58.1 Å². The van der Waals surface area contributed by atoms with Gasteiger partial charge in [-0.1, -0.05) is 6.92 Å². The van der Waals surface area contributed by atoms with Gasteiger partial charge in [0.2, 0.25) is 0 Å². The first-order valence-corrected chi connectivity index (χ1v) is 11.7. The number of esters is 1. The number of carbonyl (C=O) groups is 3. The van der Waals surface area contributed by atoms with Gasteiger partial charge in [0.15, 0.2) is 11.7 Å². The Labute approximate surface area is 211 Å². The molecule has 9 nitrogen and oxygen atoms in total. The van der Waals surface area contributed by atoms with Crippen LogP contribution < -0.4 is 25.6 Å². The van der Waals surface area contributed by atoms with Crippen LogP contribution in [0.25, 0.3) is 0 Å². The number of ether oxygens (including phenoxy) is 3. The highest BCUT2D eigenvalue weighted by atomic mass is 79.9. The van der Waals surface area contributed by atoms with Crippen LogP contribution in [0.2, 0.25) is 0 Å². The van der Waals surface area contributed by atoms with Gasteiger partial charge in [-0.15, -0.1) is 0 Å². The van der Waals surface area contributed by atoms with Gasteiger partial charge in [-0.25, -0.2) is 4.79 Å². The number of carbonyl (C=O) groups excluding carboxylic acids is 3. The third-order valence-corrected chi connectivity index (χ3v) is 4.82. The van der Waals surface area contributed by atoms with E-state index in [4.69, 9.17) is 26.4 Å². The Hall–Kier alpha value is -3.18. The molecule has 0 saturated carbocycles. The average Bonchev–Trinajstić information content (AvgIpc) is 2.81. The van der Waals surface area contributed by atoms with Gasteiger partial charge in [-0.05, 0) is 90.9 Å². The van der Waals surface area contributed by atoms with E-state index in [-0.39, 0.29) is 17.8 Å². The van der Waals surface area contributed by atoms with Crippen molar-refractivity contribution >= 4 is 51.0 Å². The van der Waals surface area contributed by atoms with E-state index in [9.17, 15) is 14.4 Å². The van der Waals surface area contributed by atoms with Gasteiger partial charge >= 0.3 is 5.97 Å². The van der Waals surface area contributed by atoms with Gasteiger partial charge < -0.3 is 14.2 Å². The summed E-state index contributed by atoms with van der Waals surface area (Å²) in [5.74, 6) is -0.393. The van der Waals surface area contributed by atoms with E-state index in [0.29, 0.717) is 33.7 Å². The van der Waals surface area contributed by atoms with E-state index in [1.807, 2.05) is 20.8 Å². The lowest BCUT2D eigenvalue weighted by Crippen LogP contribution is -2.49. The SMILES string of the molecule is CCCOC(=O)c1ccc(OCC(=O)NNC(=S)NC(=O)c2ccc(OC(C)C)c(Br)c2)cc1. The summed E-state index contributed by atoms with van der Waals surface area (Å²) in [5.41, 5.74) is 5.51. The maximum atomic E-state index is 12.4. The van der Waals surface area contributed by atoms with Gasteiger partial charge in [-0.3, -0.25) is 25.8 Å². The Morgan fingerprint density at radius 3 is 2.32 bits per heavy atom. The standard InChI is InChI=1S/C23H26BrN3O6S/c1-4-11-31-22(30)15-5-8-17(9-6-15)32-13-20(28)26-27-23(34)25-21(29)16-7-10-19(18(24)12-16)33-14(2)3/h5-10,12,14H,4,11,13H2,1-3H3,(H,26,28)(H2,25,27,29,34). The lowest BCUT2D eigenvalue weighted by Gasteiger charge is -2.13. The van der Waals surface area contributed by atoms with Crippen molar-refractivity contribution in [1.29, 1.82) is 0 Å². The van der Waals surface area contributed by atoms with Crippen molar-refractivity contribution < 1.29 is 28.6 Å². The first-order chi connectivity index (χ1) is 16.2. The summed E-state index contributed by atoms with van der Waals surface area (Å²) >= 11 is 8.40. The molecule has 0 aliphatic heterocycles. The molecule has 0 fully saturated rings. The minimum Gasteiger partial charge on any atom is -0.490 e. The molecule has 0 unspecified atom stereocenters. The molecule has 0 atom stereocenters. The van der Waals surface area contributed by atoms with Crippen LogP contribution in [-0.4, -0.2) is 42.2 Å². The molecule has 0 saturated heterocycles. The van der Waals surface area contributed by atoms with Crippen molar-refractivity contribution in [2.24, 2.45) is 0 Å². The van der Waals surface area contributed by atoms with Gasteiger partial charge in [-0.2, -0.15) is 0 Å². The highest BCUT2D eigenvalue weighted by Gasteiger charge is 2.12. The van der Waals surface area contributed by atoms with E-state index in [0.717, 1.165) is 6.42 Å². The number of halogens is 1. The maximum Gasteiger partial charge on any atom is 0.338 e. The molecular weight excluding hydrogens is 526 g/mol. The molecule has 0 aliphatic carbocycles. The zero-order valence-corrected chi connectivity index (χ0v) is 21.4. The van der Waals surface area contributed by atoms with Gasteiger partial charge in [0.05, 0.1) is 22.7 Å². The van der Waals surface area contributed by atoms with Crippen LogP contribution in [-0.2, 0) is 9.53 Å². The van der Waals surface area contributed by atoms with E-state index >= 15 is 0 Å². The lowest BCUT2D eigenvalue weighted by atomic mass is 10.2. The molecule has 34 heavy (non-hydrogen) atoms. The smallest absolute Gasteiger partial charge is 0.338 e. The number of amides is 2. The number of rotatable bonds is 9. The second-order valence-electron chi connectivity index (χ2n) is 7.22. The predicted molar refractivity (Wildman–Crippen MR) is 134 cm³/mol. The number of hydrogen-bond donors (Lipinski definition) is 3. The minimum atomic E-state index is -0.527. The Balaban J connectivity index is 1.75. The van der Waals surface area contributed by atoms with Gasteiger partial charge in [0.25, 0.3) is 11.8 Å². The summed E-state index contributed by atoms with van der Waals surface area (Å²) in [6, 6.07) is 11.1. The summed E-state index contributed by atoms with van der Waals surface area (Å²) in [7, 11) is 0. The summed E-state index contributed by atoms with van der Waals surface area (Å²) in [6.07, 6.45) is 0.733. The van der Waals surface area contributed by atoms with Crippen LogP contribution in [0.3, 0.4) is 0 Å². The normalized spacial score (nSPS) is 10.3. The maximum absolute atomic E-state index is 12.4. The molecule has 182 valence electrons. The summed E-state index contributed by atoms with van der Waals surface area (Å²) in [4.78, 5) is 36.1. The number of nitrogens with one attached hydrogen (secondary N) is 3. The van der Waals surface area contributed by atoms with E-state index in [1.165, 1.54) is 0 Å². The minimum absolute atomic E-state index is 0.00550. The molecule has 0 aliphatic rings. The largest absolute Gasteiger partial charge is 0.490 e. The number of benzene rings is 2. The molecule has 0 heterocycles. The zero-order chi connectivity index (χ0) is 25.1. The van der Waals surface area contributed by atoms with Crippen LogP contribution >= 0.6 is 28.1 Å². The molecule has 0 bridgehead atoms. The number of hydrogen-bond acceptors (Lipinski definition) is 7. The fourth-order valence-corrected chi connectivity index (χ4v) is 3.09. The molecular formula is C23H26BrN3O6S. The first-order valence-electron chi connectivity index (χ1n) is 10.5. The van der Waals surface area contributed by atoms with Crippen LogP contribution in [0.15, 0.2) is 46.9 Å². The second kappa shape index (κ2) is 13.5. The molecule has 0 spiro atoms. The molecule has 0 radical (unpaired) electrons. The van der Waals surface area contributed by atoms with Crippen LogP contribution in [0.5, 0.6) is 11.5 Å². The topological polar surface area (TPSA) is 115 Å². The average molecular weight is 552 g/mol. The third-order valence-electron chi connectivity index (χ3n) is 4.00. The zero-order valence-electron chi connectivity index (χ0n) is 19.0. The summed E-state index contributed by atoms with van der Waals surface area (Å²) in [5, 5.41) is 2.37. The molecule has 3 N–H and O–H groups in total. The van der Waals surface area contributed by atoms with E-state index in [2.05, 4.69) is 32.1 Å². The Morgan fingerprint density at radius 2 is 1.71 bits per heavy atom. The lowest BCUT2D eigenvalue weighted by molar-refractivity contribution is -0.123. The Bertz CT molecular complexity index is 1030. The van der Waals surface area contributed by atoms with Crippen LogP contribution in [0.1, 0.15) is 47.9 Å². The Kier molecular flexibility index (Phi) is 10.8. The number of hydrazine groups is 1. The highest BCUT2D eigenvalue weighted by molar-refractivity contribution is 9.10. The Morgan fingerprint density at radius 1 is 1.03 bits per heavy atom. The van der Waals surface area contributed by atoms with Crippen molar-refractivity contribution in [3.8, 4) is 11.5 Å². The van der Waals surface area contributed by atoms with E-state index in [1.54, 1.807) is 42.5 Å². The highest BCUT2D eigenvalue weighted by Crippen LogP contribution is 2.26. The predicted octanol–water partition coefficient (Wildman–Crippen LogP) is 3.52. The summed E-state index contributed by atoms with van der Waals surface area (Å²) < 4.78 is 16.7. The first kappa shape index (κ1) is 27.1. The van der Waals surface area contributed by atoms with Crippen LogP contribution in [0.4, 0.5) is 0 Å². The van der Waals surface area contributed by atoms with Crippen molar-refractivity contribution in [1.82, 2.24) is 16.2 Å². The van der Waals surface area contributed by atoms with Crippen molar-refractivity contribution in [3.63, 3.8) is 0 Å². The van der Waals surface area contributed by atoms with Crippen LogP contribution in [0, 0.1) is 0 Å². The summed E-state index contributed by atoms with van der Waals surface area (Å²) in [6.45, 7) is 5.75. The van der Waals surface area contributed by atoms with Crippen molar-refractivity contribution in [2.45, 2.75) is 33.3 Å². The molecule has 2 aromatic rings. The molecule has 2 rings (SSSR count). The molecule has 11 heteroatoms. The van der Waals surface area contributed by atoms with Gasteiger partial charge in [0.1, 0.15) is 11.5 Å². The molecule has 0 aromatic heterocycles. The third kappa shape index (κ3) is 8.99. The molecule has 2 amide bonds. The quantitative estimate of drug-likeness (QED) is 0.246. The molecule has 2 aromatic carbocycles. The second-order valence-corrected chi connectivity index (χ2v) is 8.48. The van der Waals surface area contributed by atoms with Crippen molar-refractivity contribution in [2.75, 3.05) is 13.2 Å². The fourth-order valence-electron chi connectivity index (χ4n) is 2.47. The fraction of sp³-hybridized carbons (Fsp3) is 0.304. The van der Waals surface area contributed by atoms with E-state index < -0.39 is 17.8 Å². The number of thiocarbonyl (C=S) groups is 1. The monoisotopic (exact) mass is 551 g/mol.